The van der Waals surface area contributed by atoms with Crippen molar-refractivity contribution < 1.29 is 33.8 Å². The van der Waals surface area contributed by atoms with E-state index in [1.165, 1.54) is 0 Å². The third kappa shape index (κ3) is 11.5. The lowest BCUT2D eigenvalue weighted by atomic mass is 10.0. The van der Waals surface area contributed by atoms with Gasteiger partial charge in [-0.3, -0.25) is 14.4 Å². The number of ether oxygens (including phenoxy) is 1. The molecule has 1 heterocycles. The summed E-state index contributed by atoms with van der Waals surface area (Å²) in [5.41, 5.74) is 1.48. The molecule has 0 aromatic heterocycles. The number of carboxylic acids is 1. The number of aliphatic carboxylic acids is 1. The quantitative estimate of drug-likeness (QED) is 0.234. The first-order chi connectivity index (χ1) is 20.9. The number of halogens is 2. The van der Waals surface area contributed by atoms with Crippen LogP contribution >= 0.6 is 27.5 Å². The highest BCUT2D eigenvalue weighted by Crippen LogP contribution is 2.18. The zero-order chi connectivity index (χ0) is 32.2. The Bertz CT molecular complexity index is 1300. The fourth-order valence-electron chi connectivity index (χ4n) is 4.78. The lowest BCUT2D eigenvalue weighted by molar-refractivity contribution is -0.142. The SMILES string of the molecule is CC(C)C[C@H](NC(=O)CBr)C(=O)N[C@@H](Cc1ccc(OC(=O)N2CCC(NC(=O)Cc3ccc(Cl)cc3)CC2)cc1)C(=O)O. The van der Waals surface area contributed by atoms with E-state index in [1.807, 2.05) is 26.0 Å². The molecule has 1 saturated heterocycles. The van der Waals surface area contributed by atoms with Crippen molar-refractivity contribution >= 4 is 57.3 Å². The largest absolute Gasteiger partial charge is 0.480 e. The summed E-state index contributed by atoms with van der Waals surface area (Å²) < 4.78 is 5.51. The third-order valence-electron chi connectivity index (χ3n) is 7.06. The molecule has 13 heteroatoms. The Morgan fingerprint density at radius 3 is 2.11 bits per heavy atom. The first kappa shape index (κ1) is 34.8. The maximum absolute atomic E-state index is 12.8. The van der Waals surface area contributed by atoms with Crippen LogP contribution in [0.4, 0.5) is 4.79 Å². The molecule has 1 aliphatic rings. The first-order valence-electron chi connectivity index (χ1n) is 14.4. The van der Waals surface area contributed by atoms with Gasteiger partial charge >= 0.3 is 12.1 Å². The number of hydrogen-bond donors (Lipinski definition) is 4. The van der Waals surface area contributed by atoms with E-state index in [2.05, 4.69) is 31.9 Å². The highest BCUT2D eigenvalue weighted by Gasteiger charge is 2.28. The number of carboxylic acid groups (broad SMARTS) is 1. The minimum atomic E-state index is -1.22. The van der Waals surface area contributed by atoms with Crippen LogP contribution in [0.5, 0.6) is 5.75 Å². The number of nitrogens with zero attached hydrogens (tertiary/aromatic N) is 1. The Morgan fingerprint density at radius 2 is 1.55 bits per heavy atom. The van der Waals surface area contributed by atoms with Gasteiger partial charge in [-0.1, -0.05) is 65.6 Å². The normalized spacial score (nSPS) is 14.8. The van der Waals surface area contributed by atoms with E-state index in [4.69, 9.17) is 16.3 Å². The van der Waals surface area contributed by atoms with Crippen LogP contribution in [-0.2, 0) is 32.0 Å². The molecule has 0 aliphatic carbocycles. The number of carbonyl (C=O) groups is 5. The van der Waals surface area contributed by atoms with Crippen LogP contribution in [0.1, 0.15) is 44.2 Å². The summed E-state index contributed by atoms with van der Waals surface area (Å²) in [4.78, 5) is 63.3. The third-order valence-corrected chi connectivity index (χ3v) is 7.82. The Labute approximate surface area is 270 Å². The number of piperidine rings is 1. The molecule has 238 valence electrons. The van der Waals surface area contributed by atoms with Crippen LogP contribution in [0.2, 0.25) is 5.02 Å². The molecule has 4 amide bonds. The molecule has 3 rings (SSSR count). The maximum Gasteiger partial charge on any atom is 0.415 e. The summed E-state index contributed by atoms with van der Waals surface area (Å²) >= 11 is 8.95. The van der Waals surface area contributed by atoms with Crippen LogP contribution in [-0.4, -0.2) is 76.3 Å². The molecular formula is C31H38BrClN4O7. The number of rotatable bonds is 13. The lowest BCUT2D eigenvalue weighted by Gasteiger charge is -2.31. The average Bonchev–Trinajstić information content (AvgIpc) is 2.98. The molecule has 0 radical (unpaired) electrons. The molecule has 0 spiro atoms. The predicted molar refractivity (Wildman–Crippen MR) is 169 cm³/mol. The molecule has 1 aliphatic heterocycles. The molecule has 1 fully saturated rings. The molecule has 44 heavy (non-hydrogen) atoms. The fourth-order valence-corrected chi connectivity index (χ4v) is 5.06. The highest BCUT2D eigenvalue weighted by molar-refractivity contribution is 9.09. The van der Waals surface area contributed by atoms with Crippen molar-refractivity contribution in [2.24, 2.45) is 5.92 Å². The number of hydrogen-bond acceptors (Lipinski definition) is 6. The molecular weight excluding hydrogens is 656 g/mol. The smallest absolute Gasteiger partial charge is 0.415 e. The fraction of sp³-hybridized carbons (Fsp3) is 0.452. The van der Waals surface area contributed by atoms with E-state index < -0.39 is 30.1 Å². The number of likely N-dealkylation sites (tertiary alicyclic amines) is 1. The van der Waals surface area contributed by atoms with Crippen molar-refractivity contribution in [2.45, 2.75) is 64.1 Å². The van der Waals surface area contributed by atoms with E-state index in [0.29, 0.717) is 48.7 Å². The topological polar surface area (TPSA) is 154 Å². The van der Waals surface area contributed by atoms with Gasteiger partial charge in [0.25, 0.3) is 0 Å². The zero-order valence-corrected chi connectivity index (χ0v) is 27.0. The Morgan fingerprint density at radius 1 is 0.932 bits per heavy atom. The van der Waals surface area contributed by atoms with E-state index in [1.54, 1.807) is 41.3 Å². The van der Waals surface area contributed by atoms with Crippen molar-refractivity contribution in [1.82, 2.24) is 20.9 Å². The number of carbonyl (C=O) groups excluding carboxylic acids is 4. The van der Waals surface area contributed by atoms with Crippen LogP contribution in [0.15, 0.2) is 48.5 Å². The zero-order valence-electron chi connectivity index (χ0n) is 24.7. The van der Waals surface area contributed by atoms with Crippen LogP contribution in [0.3, 0.4) is 0 Å². The second-order valence-corrected chi connectivity index (χ2v) is 12.1. The second-order valence-electron chi connectivity index (χ2n) is 11.1. The minimum Gasteiger partial charge on any atom is -0.480 e. The number of benzene rings is 2. The molecule has 2 aromatic rings. The van der Waals surface area contributed by atoms with Gasteiger partial charge < -0.3 is 30.7 Å². The molecule has 0 bridgehead atoms. The number of alkyl halides is 1. The van der Waals surface area contributed by atoms with Gasteiger partial charge in [0.15, 0.2) is 0 Å². The standard InChI is InChI=1S/C31H38BrClN4O7/c1-19(2)15-25(35-28(39)18-32)29(40)36-26(30(41)42)16-20-5-9-24(10-6-20)44-31(43)37-13-11-23(12-14-37)34-27(38)17-21-3-7-22(33)8-4-21/h3-10,19,23,25-26H,11-18H2,1-2H3,(H,34,38)(H,35,39)(H,36,40)(H,41,42)/t25-,26-/m0/s1. The second kappa shape index (κ2) is 17.0. The van der Waals surface area contributed by atoms with Gasteiger partial charge in [0.2, 0.25) is 17.7 Å². The van der Waals surface area contributed by atoms with Gasteiger partial charge in [0.05, 0.1) is 11.8 Å². The van der Waals surface area contributed by atoms with Crippen molar-refractivity contribution in [3.63, 3.8) is 0 Å². The van der Waals surface area contributed by atoms with Crippen molar-refractivity contribution in [3.05, 3.63) is 64.7 Å². The summed E-state index contributed by atoms with van der Waals surface area (Å²) in [5.74, 6) is -1.86. The summed E-state index contributed by atoms with van der Waals surface area (Å²) in [6.45, 7) is 4.65. The number of nitrogens with one attached hydrogen (secondary N) is 3. The first-order valence-corrected chi connectivity index (χ1v) is 15.9. The summed E-state index contributed by atoms with van der Waals surface area (Å²) in [7, 11) is 0. The molecule has 4 N–H and O–H groups in total. The molecule has 0 saturated carbocycles. The Kier molecular flexibility index (Phi) is 13.5. The van der Waals surface area contributed by atoms with E-state index in [9.17, 15) is 29.1 Å². The lowest BCUT2D eigenvalue weighted by Crippen LogP contribution is -2.52. The van der Waals surface area contributed by atoms with Gasteiger partial charge in [0.1, 0.15) is 17.8 Å². The van der Waals surface area contributed by atoms with Gasteiger partial charge in [-0.05, 0) is 60.6 Å². The van der Waals surface area contributed by atoms with Gasteiger partial charge in [-0.25, -0.2) is 9.59 Å². The van der Waals surface area contributed by atoms with Gasteiger partial charge in [-0.15, -0.1) is 0 Å². The molecule has 2 aromatic carbocycles. The number of amides is 4. The Hall–Kier alpha value is -3.64. The van der Waals surface area contributed by atoms with E-state index >= 15 is 0 Å². The van der Waals surface area contributed by atoms with Crippen LogP contribution in [0, 0.1) is 5.92 Å². The summed E-state index contributed by atoms with van der Waals surface area (Å²) in [5, 5.41) is 18.5. The van der Waals surface area contributed by atoms with Crippen LogP contribution in [0.25, 0.3) is 0 Å². The van der Waals surface area contributed by atoms with Crippen LogP contribution < -0.4 is 20.7 Å². The Balaban J connectivity index is 1.47. The molecule has 0 unspecified atom stereocenters. The average molecular weight is 694 g/mol. The van der Waals surface area contributed by atoms with Crippen molar-refractivity contribution in [3.8, 4) is 5.75 Å². The maximum atomic E-state index is 12.8. The molecule has 2 atom stereocenters. The monoisotopic (exact) mass is 692 g/mol. The highest BCUT2D eigenvalue weighted by atomic mass is 79.9. The van der Waals surface area contributed by atoms with Gasteiger partial charge in [-0.2, -0.15) is 0 Å². The van der Waals surface area contributed by atoms with E-state index in [0.717, 1.165) is 5.56 Å². The van der Waals surface area contributed by atoms with Gasteiger partial charge in [0, 0.05) is 30.6 Å². The summed E-state index contributed by atoms with van der Waals surface area (Å²) in [6.07, 6.45) is 1.28. The minimum absolute atomic E-state index is 0.00661. The predicted octanol–water partition coefficient (Wildman–Crippen LogP) is 3.70. The van der Waals surface area contributed by atoms with Crippen molar-refractivity contribution in [1.29, 1.82) is 0 Å². The van der Waals surface area contributed by atoms with Crippen molar-refractivity contribution in [2.75, 3.05) is 18.4 Å². The summed E-state index contributed by atoms with van der Waals surface area (Å²) in [6, 6.07) is 11.4. The van der Waals surface area contributed by atoms with E-state index in [-0.39, 0.29) is 41.9 Å². The molecule has 11 nitrogen and oxygen atoms in total.